The van der Waals surface area contributed by atoms with Crippen LogP contribution in [0, 0.1) is 0 Å². The van der Waals surface area contributed by atoms with Crippen LogP contribution >= 0.6 is 15.9 Å². The summed E-state index contributed by atoms with van der Waals surface area (Å²) in [5.41, 5.74) is 10.6. The molecule has 2 aromatic carbocycles. The minimum Gasteiger partial charge on any atom is -0.326 e. The van der Waals surface area contributed by atoms with Gasteiger partial charge in [0.2, 0.25) is 0 Å². The monoisotopic (exact) mass is 341 g/mol. The van der Waals surface area contributed by atoms with E-state index < -0.39 is 0 Å². The van der Waals surface area contributed by atoms with Crippen molar-refractivity contribution in [3.8, 4) is 11.1 Å². The summed E-state index contributed by atoms with van der Waals surface area (Å²) < 4.78 is 2.91. The lowest BCUT2D eigenvalue weighted by molar-refractivity contribution is 0.686. The lowest BCUT2D eigenvalue weighted by atomic mass is 9.99. The van der Waals surface area contributed by atoms with Crippen LogP contribution < -0.4 is 5.73 Å². The third kappa shape index (κ3) is 3.23. The van der Waals surface area contributed by atoms with E-state index in [-0.39, 0.29) is 0 Å². The zero-order valence-corrected chi connectivity index (χ0v) is 13.1. The van der Waals surface area contributed by atoms with Crippen molar-refractivity contribution in [2.24, 2.45) is 5.73 Å². The predicted octanol–water partition coefficient (Wildman–Crippen LogP) is 3.82. The van der Waals surface area contributed by atoms with Crippen LogP contribution in [0.3, 0.4) is 0 Å². The highest BCUT2D eigenvalue weighted by Crippen LogP contribution is 2.24. The average Bonchev–Trinajstić information content (AvgIpc) is 2.93. The molecule has 0 bridgehead atoms. The van der Waals surface area contributed by atoms with E-state index in [2.05, 4.69) is 57.4 Å². The Kier molecular flexibility index (Phi) is 4.18. The summed E-state index contributed by atoms with van der Waals surface area (Å²) in [6.07, 6.45) is 3.77. The zero-order valence-electron chi connectivity index (χ0n) is 11.5. The van der Waals surface area contributed by atoms with Crippen LogP contribution in [-0.4, -0.2) is 9.78 Å². The van der Waals surface area contributed by atoms with Crippen LogP contribution in [0.5, 0.6) is 0 Å². The topological polar surface area (TPSA) is 43.8 Å². The molecule has 0 aliphatic heterocycles. The third-order valence-electron chi connectivity index (χ3n) is 3.45. The fourth-order valence-electron chi connectivity index (χ4n) is 2.38. The number of aromatic nitrogens is 2. The van der Waals surface area contributed by atoms with Crippen LogP contribution in [0.1, 0.15) is 11.1 Å². The van der Waals surface area contributed by atoms with Crippen molar-refractivity contribution in [3.05, 3.63) is 76.5 Å². The molecule has 0 spiro atoms. The van der Waals surface area contributed by atoms with Crippen LogP contribution in [0.15, 0.2) is 65.4 Å². The third-order valence-corrected chi connectivity index (χ3v) is 3.86. The van der Waals surface area contributed by atoms with Crippen LogP contribution in [-0.2, 0) is 13.1 Å². The lowest BCUT2D eigenvalue weighted by Gasteiger charge is -2.09. The Morgan fingerprint density at radius 2 is 1.81 bits per heavy atom. The molecule has 0 fully saturated rings. The average molecular weight is 342 g/mol. The van der Waals surface area contributed by atoms with Crippen molar-refractivity contribution in [2.45, 2.75) is 13.1 Å². The lowest BCUT2D eigenvalue weighted by Crippen LogP contribution is -2.00. The number of benzene rings is 2. The Balaban J connectivity index is 1.83. The second kappa shape index (κ2) is 6.24. The second-order valence-electron chi connectivity index (χ2n) is 4.91. The van der Waals surface area contributed by atoms with E-state index in [4.69, 9.17) is 5.73 Å². The molecule has 0 saturated heterocycles. The van der Waals surface area contributed by atoms with Crippen LogP contribution in [0.2, 0.25) is 0 Å². The van der Waals surface area contributed by atoms with Gasteiger partial charge in [-0.1, -0.05) is 48.5 Å². The SMILES string of the molecule is NCc1ccccc1-c1ccc(Cn2cc(Br)cn2)cc1. The van der Waals surface area contributed by atoms with Gasteiger partial charge in [0.25, 0.3) is 0 Å². The van der Waals surface area contributed by atoms with E-state index in [0.717, 1.165) is 11.0 Å². The van der Waals surface area contributed by atoms with Gasteiger partial charge in [0.15, 0.2) is 0 Å². The molecule has 3 aromatic rings. The molecule has 4 heteroatoms. The number of nitrogens with two attached hydrogens (primary N) is 1. The van der Waals surface area contributed by atoms with E-state index >= 15 is 0 Å². The molecular weight excluding hydrogens is 326 g/mol. The van der Waals surface area contributed by atoms with Gasteiger partial charge in [-0.05, 0) is 38.2 Å². The molecule has 1 aromatic heterocycles. The van der Waals surface area contributed by atoms with Gasteiger partial charge in [0.1, 0.15) is 0 Å². The summed E-state index contributed by atoms with van der Waals surface area (Å²) >= 11 is 3.41. The summed E-state index contributed by atoms with van der Waals surface area (Å²) in [6, 6.07) is 16.8. The quantitative estimate of drug-likeness (QED) is 0.783. The molecule has 0 aliphatic carbocycles. The minimum absolute atomic E-state index is 0.555. The predicted molar refractivity (Wildman–Crippen MR) is 88.8 cm³/mol. The molecule has 21 heavy (non-hydrogen) atoms. The van der Waals surface area contributed by atoms with Crippen LogP contribution in [0.4, 0.5) is 0 Å². The van der Waals surface area contributed by atoms with Gasteiger partial charge in [-0.25, -0.2) is 0 Å². The summed E-state index contributed by atoms with van der Waals surface area (Å²) in [5.74, 6) is 0. The minimum atomic E-state index is 0.555. The number of rotatable bonds is 4. The molecule has 3 nitrogen and oxygen atoms in total. The zero-order chi connectivity index (χ0) is 14.7. The molecule has 3 rings (SSSR count). The second-order valence-corrected chi connectivity index (χ2v) is 5.83. The molecule has 0 atom stereocenters. The van der Waals surface area contributed by atoms with Gasteiger partial charge in [-0.15, -0.1) is 0 Å². The van der Waals surface area contributed by atoms with E-state index in [1.165, 1.54) is 22.3 Å². The van der Waals surface area contributed by atoms with Crippen molar-refractivity contribution in [1.82, 2.24) is 9.78 Å². The number of halogens is 1. The van der Waals surface area contributed by atoms with Crippen molar-refractivity contribution < 1.29 is 0 Å². The van der Waals surface area contributed by atoms with E-state index in [0.29, 0.717) is 6.54 Å². The molecule has 0 radical (unpaired) electrons. The van der Waals surface area contributed by atoms with Crippen molar-refractivity contribution in [3.63, 3.8) is 0 Å². The maximum Gasteiger partial charge on any atom is 0.0659 e. The Hall–Kier alpha value is -1.91. The van der Waals surface area contributed by atoms with Gasteiger partial charge in [-0.3, -0.25) is 4.68 Å². The fraction of sp³-hybridized carbons (Fsp3) is 0.118. The fourth-order valence-corrected chi connectivity index (χ4v) is 2.71. The number of hydrogen-bond acceptors (Lipinski definition) is 2. The summed E-state index contributed by atoms with van der Waals surface area (Å²) in [4.78, 5) is 0. The van der Waals surface area contributed by atoms with Gasteiger partial charge < -0.3 is 5.73 Å². The molecule has 106 valence electrons. The van der Waals surface area contributed by atoms with E-state index in [9.17, 15) is 0 Å². The highest BCUT2D eigenvalue weighted by Gasteiger charge is 2.04. The first kappa shape index (κ1) is 14.0. The molecule has 0 saturated carbocycles. The maximum absolute atomic E-state index is 5.81. The van der Waals surface area contributed by atoms with Crippen LogP contribution in [0.25, 0.3) is 11.1 Å². The van der Waals surface area contributed by atoms with E-state index in [1.54, 1.807) is 6.20 Å². The summed E-state index contributed by atoms with van der Waals surface area (Å²) in [6.45, 7) is 1.32. The van der Waals surface area contributed by atoms with Crippen molar-refractivity contribution >= 4 is 15.9 Å². The highest BCUT2D eigenvalue weighted by atomic mass is 79.9. The Bertz CT molecular complexity index is 732. The maximum atomic E-state index is 5.81. The van der Waals surface area contributed by atoms with E-state index in [1.807, 2.05) is 23.0 Å². The first-order valence-corrected chi connectivity index (χ1v) is 7.61. The molecule has 0 amide bonds. The number of nitrogens with zero attached hydrogens (tertiary/aromatic N) is 2. The van der Waals surface area contributed by atoms with Gasteiger partial charge in [-0.2, -0.15) is 5.10 Å². The smallest absolute Gasteiger partial charge is 0.0659 e. The molecule has 0 unspecified atom stereocenters. The highest BCUT2D eigenvalue weighted by molar-refractivity contribution is 9.10. The molecular formula is C17H16BrN3. The van der Waals surface area contributed by atoms with Crippen molar-refractivity contribution in [1.29, 1.82) is 0 Å². The van der Waals surface area contributed by atoms with Crippen molar-refractivity contribution in [2.75, 3.05) is 0 Å². The Morgan fingerprint density at radius 3 is 2.48 bits per heavy atom. The first-order valence-electron chi connectivity index (χ1n) is 6.81. The Morgan fingerprint density at radius 1 is 1.05 bits per heavy atom. The van der Waals surface area contributed by atoms with Gasteiger partial charge in [0, 0.05) is 12.7 Å². The largest absolute Gasteiger partial charge is 0.326 e. The summed E-state index contributed by atoms with van der Waals surface area (Å²) in [7, 11) is 0. The molecule has 0 aliphatic rings. The standard InChI is InChI=1S/C17H16BrN3/c18-16-10-20-21(12-16)11-13-5-7-14(8-6-13)17-4-2-1-3-15(17)9-19/h1-8,10,12H,9,11,19H2. The molecule has 2 N–H and O–H groups in total. The number of hydrogen-bond donors (Lipinski definition) is 1. The summed E-state index contributed by atoms with van der Waals surface area (Å²) in [5, 5.41) is 4.27. The first-order chi connectivity index (χ1) is 10.3. The van der Waals surface area contributed by atoms with Gasteiger partial charge >= 0.3 is 0 Å². The Labute approximate surface area is 132 Å². The van der Waals surface area contributed by atoms with Gasteiger partial charge in [0.05, 0.1) is 17.2 Å². The molecule has 1 heterocycles. The normalized spacial score (nSPS) is 10.8.